The summed E-state index contributed by atoms with van der Waals surface area (Å²) in [5, 5.41) is 1.11. The first-order valence-corrected chi connectivity index (χ1v) is 12.5. The summed E-state index contributed by atoms with van der Waals surface area (Å²) in [4.78, 5) is 15.4. The van der Waals surface area contributed by atoms with Crippen molar-refractivity contribution in [2.75, 3.05) is 4.90 Å². The first-order valence-electron chi connectivity index (χ1n) is 11.7. The maximum Gasteiger partial charge on any atom is 0.263 e. The molecule has 0 fully saturated rings. The fraction of sp³-hybridized carbons (Fsp3) is 0.129. The van der Waals surface area contributed by atoms with Crippen molar-refractivity contribution in [1.82, 2.24) is 0 Å². The molecule has 5 heteroatoms. The maximum atomic E-state index is 13.7. The van der Waals surface area contributed by atoms with Crippen LogP contribution in [0.5, 0.6) is 0 Å². The first-order chi connectivity index (χ1) is 17.2. The van der Waals surface area contributed by atoms with Gasteiger partial charge in [0.25, 0.3) is 5.91 Å². The van der Waals surface area contributed by atoms with Gasteiger partial charge in [-0.15, -0.1) is 0 Å². The summed E-state index contributed by atoms with van der Waals surface area (Å²) in [6.45, 7) is 6.52. The molecule has 1 aromatic heterocycles. The van der Waals surface area contributed by atoms with Gasteiger partial charge in [0.1, 0.15) is 11.5 Å². The van der Waals surface area contributed by atoms with Crippen LogP contribution in [0.4, 0.5) is 5.69 Å². The number of carbonyl (C=O) groups is 1. The lowest BCUT2D eigenvalue weighted by Gasteiger charge is -2.23. The van der Waals surface area contributed by atoms with Crippen LogP contribution >= 0.6 is 23.2 Å². The average Bonchev–Trinajstić information content (AvgIpc) is 3.45. The molecule has 1 aliphatic heterocycles. The molecule has 3 nitrogen and oxygen atoms in total. The number of benzene rings is 3. The van der Waals surface area contributed by atoms with Crippen molar-refractivity contribution in [2.45, 2.75) is 26.2 Å². The van der Waals surface area contributed by atoms with E-state index in [1.54, 1.807) is 29.2 Å². The van der Waals surface area contributed by atoms with Gasteiger partial charge in [0.2, 0.25) is 0 Å². The Hall–Kier alpha value is -3.53. The topological polar surface area (TPSA) is 33.5 Å². The molecule has 1 aliphatic rings. The Bertz CT molecular complexity index is 1490. The highest BCUT2D eigenvalue weighted by Gasteiger charge is 2.31. The van der Waals surface area contributed by atoms with Crippen LogP contribution in [-0.4, -0.2) is 5.91 Å². The summed E-state index contributed by atoms with van der Waals surface area (Å²) in [6.07, 6.45) is 3.67. The molecule has 36 heavy (non-hydrogen) atoms. The van der Waals surface area contributed by atoms with Crippen molar-refractivity contribution in [3.63, 3.8) is 0 Å². The third-order valence-corrected chi connectivity index (χ3v) is 6.73. The summed E-state index contributed by atoms with van der Waals surface area (Å²) in [7, 11) is 0. The van der Waals surface area contributed by atoms with E-state index < -0.39 is 0 Å². The van der Waals surface area contributed by atoms with E-state index in [1.165, 1.54) is 5.56 Å². The number of carbonyl (C=O) groups excluding carboxylic acids is 1. The van der Waals surface area contributed by atoms with Crippen LogP contribution < -0.4 is 4.90 Å². The molecule has 0 N–H and O–H groups in total. The highest BCUT2D eigenvalue weighted by molar-refractivity contribution is 6.35. The van der Waals surface area contributed by atoms with E-state index in [0.717, 1.165) is 16.9 Å². The van der Waals surface area contributed by atoms with Gasteiger partial charge in [-0.05, 0) is 71.2 Å². The van der Waals surface area contributed by atoms with Gasteiger partial charge in [-0.25, -0.2) is 0 Å². The smallest absolute Gasteiger partial charge is 0.263 e. The fourth-order valence-corrected chi connectivity index (χ4v) is 4.60. The molecule has 0 aliphatic carbocycles. The summed E-state index contributed by atoms with van der Waals surface area (Å²) in [5.41, 5.74) is 5.07. The largest absolute Gasteiger partial charge is 0.457 e. The molecule has 0 atom stereocenters. The second-order valence-electron chi connectivity index (χ2n) is 9.76. The predicted molar refractivity (Wildman–Crippen MR) is 149 cm³/mol. The van der Waals surface area contributed by atoms with Gasteiger partial charge in [0.05, 0.1) is 10.7 Å². The molecular formula is C31H25Cl2NO2. The third kappa shape index (κ3) is 4.77. The molecule has 0 saturated carbocycles. The fourth-order valence-electron chi connectivity index (χ4n) is 4.22. The molecule has 4 aromatic rings. The number of nitrogens with zero attached hydrogens (tertiary/aromatic N) is 1. The number of hydrogen-bond acceptors (Lipinski definition) is 2. The zero-order valence-electron chi connectivity index (χ0n) is 20.3. The van der Waals surface area contributed by atoms with Crippen LogP contribution in [0, 0.1) is 0 Å². The first kappa shape index (κ1) is 24.2. The standard InChI is InChI=1S/C31H25Cl2NO2/c1-31(2,3)22-9-12-24(13-10-22)34-28(20-7-5-4-6-8-20)18-21(30(34)35)17-25-14-16-29(36-25)26-19-23(32)11-15-27(26)33/h4-19H,1-3H3/b21-17+. The van der Waals surface area contributed by atoms with Crippen LogP contribution in [-0.2, 0) is 10.2 Å². The second kappa shape index (κ2) is 9.50. The number of hydrogen-bond donors (Lipinski definition) is 0. The number of rotatable bonds is 4. The lowest BCUT2D eigenvalue weighted by atomic mass is 9.87. The van der Waals surface area contributed by atoms with E-state index in [-0.39, 0.29) is 11.3 Å². The molecule has 180 valence electrons. The Labute approximate surface area is 221 Å². The monoisotopic (exact) mass is 513 g/mol. The van der Waals surface area contributed by atoms with Crippen LogP contribution in [0.2, 0.25) is 10.0 Å². The quantitative estimate of drug-likeness (QED) is 0.255. The molecular weight excluding hydrogens is 489 g/mol. The SMILES string of the molecule is CC(C)(C)c1ccc(N2C(=O)/C(=C/c3ccc(-c4cc(Cl)ccc4Cl)o3)C=C2c2ccccc2)cc1. The Morgan fingerprint density at radius 1 is 0.861 bits per heavy atom. The minimum atomic E-state index is -0.115. The molecule has 5 rings (SSSR count). The van der Waals surface area contributed by atoms with Gasteiger partial charge in [-0.2, -0.15) is 0 Å². The average molecular weight is 514 g/mol. The van der Waals surface area contributed by atoms with Crippen LogP contribution in [0.15, 0.2) is 101 Å². The zero-order valence-corrected chi connectivity index (χ0v) is 21.8. The Morgan fingerprint density at radius 2 is 1.58 bits per heavy atom. The number of amides is 1. The van der Waals surface area contributed by atoms with E-state index in [9.17, 15) is 4.79 Å². The minimum Gasteiger partial charge on any atom is -0.457 e. The van der Waals surface area contributed by atoms with Crippen molar-refractivity contribution >= 4 is 46.6 Å². The Kier molecular flexibility index (Phi) is 6.38. The maximum absolute atomic E-state index is 13.7. The van der Waals surface area contributed by atoms with Crippen LogP contribution in [0.25, 0.3) is 23.1 Å². The molecule has 2 heterocycles. The van der Waals surface area contributed by atoms with Gasteiger partial charge >= 0.3 is 0 Å². The Morgan fingerprint density at radius 3 is 2.28 bits per heavy atom. The number of furan rings is 1. The Balaban J connectivity index is 1.53. The second-order valence-corrected chi connectivity index (χ2v) is 10.6. The number of anilines is 1. The lowest BCUT2D eigenvalue weighted by molar-refractivity contribution is -0.113. The molecule has 0 saturated heterocycles. The van der Waals surface area contributed by atoms with Crippen molar-refractivity contribution in [2.24, 2.45) is 0 Å². The third-order valence-electron chi connectivity index (χ3n) is 6.16. The summed E-state index contributed by atoms with van der Waals surface area (Å²) in [5.74, 6) is 1.02. The lowest BCUT2D eigenvalue weighted by Crippen LogP contribution is -2.25. The highest BCUT2D eigenvalue weighted by atomic mass is 35.5. The summed E-state index contributed by atoms with van der Waals surface area (Å²) < 4.78 is 6.03. The predicted octanol–water partition coefficient (Wildman–Crippen LogP) is 9.02. The van der Waals surface area contributed by atoms with Crippen LogP contribution in [0.1, 0.15) is 37.7 Å². The summed E-state index contributed by atoms with van der Waals surface area (Å²) >= 11 is 12.5. The van der Waals surface area contributed by atoms with Crippen molar-refractivity contribution in [3.05, 3.63) is 124 Å². The molecule has 0 unspecified atom stereocenters. The number of halogens is 2. The van der Waals surface area contributed by atoms with Gasteiger partial charge in [0.15, 0.2) is 0 Å². The van der Waals surface area contributed by atoms with E-state index in [0.29, 0.717) is 32.7 Å². The minimum absolute atomic E-state index is 0.0274. The van der Waals surface area contributed by atoms with E-state index in [4.69, 9.17) is 27.6 Å². The van der Waals surface area contributed by atoms with Gasteiger partial charge in [-0.1, -0.05) is 86.4 Å². The van der Waals surface area contributed by atoms with Crippen molar-refractivity contribution in [3.8, 4) is 11.3 Å². The van der Waals surface area contributed by atoms with Gasteiger partial charge in [-0.3, -0.25) is 9.69 Å². The van der Waals surface area contributed by atoms with Crippen LogP contribution in [0.3, 0.4) is 0 Å². The van der Waals surface area contributed by atoms with Gasteiger partial charge < -0.3 is 4.42 Å². The normalized spacial score (nSPS) is 15.0. The molecule has 3 aromatic carbocycles. The van der Waals surface area contributed by atoms with E-state index in [2.05, 4.69) is 32.9 Å². The molecule has 0 spiro atoms. The zero-order chi connectivity index (χ0) is 25.4. The molecule has 0 bridgehead atoms. The van der Waals surface area contributed by atoms with E-state index >= 15 is 0 Å². The summed E-state index contributed by atoms with van der Waals surface area (Å²) in [6, 6.07) is 27.0. The van der Waals surface area contributed by atoms with E-state index in [1.807, 2.05) is 60.7 Å². The van der Waals surface area contributed by atoms with Crippen molar-refractivity contribution in [1.29, 1.82) is 0 Å². The molecule has 0 radical (unpaired) electrons. The highest BCUT2D eigenvalue weighted by Crippen LogP contribution is 2.37. The van der Waals surface area contributed by atoms with Gasteiger partial charge in [0, 0.05) is 21.8 Å². The van der Waals surface area contributed by atoms with Crippen molar-refractivity contribution < 1.29 is 9.21 Å². The molecule has 1 amide bonds.